The average Bonchev–Trinajstić information content (AvgIpc) is 3.37. The van der Waals surface area contributed by atoms with E-state index in [1.807, 2.05) is 13.0 Å². The molecule has 11 nitrogen and oxygen atoms in total. The summed E-state index contributed by atoms with van der Waals surface area (Å²) in [5, 5.41) is 8.29. The summed E-state index contributed by atoms with van der Waals surface area (Å²) in [4.78, 5) is 25.3. The average molecular weight is 682 g/mol. The number of hydrogen-bond donors (Lipinski definition) is 1. The van der Waals surface area contributed by atoms with Crippen LogP contribution in [0.2, 0.25) is 51.4 Å². The summed E-state index contributed by atoms with van der Waals surface area (Å²) in [6.45, 7) is 23.6. The first-order valence-electron chi connectivity index (χ1n) is 17.4. The Balaban J connectivity index is 1.31. The van der Waals surface area contributed by atoms with Gasteiger partial charge in [-0.2, -0.15) is 5.10 Å². The normalized spacial score (nSPS) is 22.3. The van der Waals surface area contributed by atoms with Gasteiger partial charge in [0.25, 0.3) is 0 Å². The molecule has 1 aliphatic heterocycles. The molecule has 13 heteroatoms. The zero-order valence-electron chi connectivity index (χ0n) is 29.8. The number of aromatic nitrogens is 5. The van der Waals surface area contributed by atoms with E-state index >= 15 is 0 Å². The lowest BCUT2D eigenvalue weighted by Crippen LogP contribution is -2.47. The van der Waals surface area contributed by atoms with E-state index in [0.717, 1.165) is 61.8 Å². The van der Waals surface area contributed by atoms with Gasteiger partial charge in [0.1, 0.15) is 24.7 Å². The highest BCUT2D eigenvalue weighted by molar-refractivity contribution is 6.76. The van der Waals surface area contributed by atoms with Crippen LogP contribution in [-0.2, 0) is 45.3 Å². The minimum atomic E-state index is -1.25. The monoisotopic (exact) mass is 681 g/mol. The molecule has 1 amide bonds. The molecule has 0 unspecified atom stereocenters. The Bertz CT molecular complexity index is 1590. The van der Waals surface area contributed by atoms with Crippen molar-refractivity contribution in [1.29, 1.82) is 0 Å². The standard InChI is InChI=1S/C34H55N7O4Si2/c1-24(39-9-11-43-12-10-39)33(42)36-26-18-28-31(35-21-26)40(22-44-13-15-46(3,4)5)32(37-28)30-27-17-25-19-34(25,2)20-29(27)41(38-30)23-45-14-16-47(6,7)8/h18,21,24-25H,9-17,19-20,22-23H2,1-8H3,(H,36,42)/t24-,25+,34+/m0/s1. The molecular formula is C34H55N7O4Si2. The molecule has 2 fully saturated rings. The summed E-state index contributed by atoms with van der Waals surface area (Å²) in [6, 6.07) is 3.87. The molecule has 0 spiro atoms. The lowest BCUT2D eigenvalue weighted by atomic mass is 9.87. The number of nitrogens with zero attached hydrogens (tertiary/aromatic N) is 6. The Morgan fingerprint density at radius 2 is 1.77 bits per heavy atom. The van der Waals surface area contributed by atoms with Gasteiger partial charge < -0.3 is 19.5 Å². The van der Waals surface area contributed by atoms with Gasteiger partial charge in [-0.05, 0) is 55.7 Å². The fourth-order valence-electron chi connectivity index (χ4n) is 6.72. The quantitative estimate of drug-likeness (QED) is 0.171. The minimum absolute atomic E-state index is 0.0585. The number of pyridine rings is 1. The van der Waals surface area contributed by atoms with E-state index in [2.05, 4.69) is 65.7 Å². The SMILES string of the molecule is C[C@@H](C(=O)Nc1cnc2c(c1)nc(-c1nn(COCC[Si](C)(C)C)c3c1C[C@@H]1C[C@]1(C)C3)n2COCC[Si](C)(C)C)N1CCOCC1. The zero-order valence-corrected chi connectivity index (χ0v) is 31.8. The Labute approximate surface area is 281 Å². The number of imidazole rings is 1. The van der Waals surface area contributed by atoms with Crippen LogP contribution in [0.4, 0.5) is 5.69 Å². The number of anilines is 1. The van der Waals surface area contributed by atoms with Crippen molar-refractivity contribution in [2.45, 2.75) is 104 Å². The predicted octanol–water partition coefficient (Wildman–Crippen LogP) is 5.70. The van der Waals surface area contributed by atoms with Crippen LogP contribution in [0, 0.1) is 11.3 Å². The summed E-state index contributed by atoms with van der Waals surface area (Å²) < 4.78 is 22.2. The highest BCUT2D eigenvalue weighted by atomic mass is 28.3. The molecule has 1 saturated carbocycles. The van der Waals surface area contributed by atoms with Gasteiger partial charge in [0.05, 0.1) is 31.1 Å². The summed E-state index contributed by atoms with van der Waals surface area (Å²) in [6.07, 6.45) is 5.00. The van der Waals surface area contributed by atoms with Gasteiger partial charge in [0.2, 0.25) is 5.91 Å². The lowest BCUT2D eigenvalue weighted by Gasteiger charge is -2.31. The molecule has 6 rings (SSSR count). The van der Waals surface area contributed by atoms with Crippen LogP contribution in [0.25, 0.3) is 22.7 Å². The molecule has 3 aromatic heterocycles. The second kappa shape index (κ2) is 13.5. The van der Waals surface area contributed by atoms with E-state index in [9.17, 15) is 4.79 Å². The predicted molar refractivity (Wildman–Crippen MR) is 191 cm³/mol. The van der Waals surface area contributed by atoms with Crippen LogP contribution in [0.15, 0.2) is 12.3 Å². The van der Waals surface area contributed by atoms with Crippen molar-refractivity contribution in [2.24, 2.45) is 11.3 Å². The van der Waals surface area contributed by atoms with Crippen molar-refractivity contribution in [2.75, 3.05) is 44.8 Å². The molecule has 4 heterocycles. The Morgan fingerprint density at radius 3 is 2.45 bits per heavy atom. The van der Waals surface area contributed by atoms with Crippen LogP contribution in [0.3, 0.4) is 0 Å². The van der Waals surface area contributed by atoms with Crippen LogP contribution in [0.5, 0.6) is 0 Å². The fraction of sp³-hybridized carbons (Fsp3) is 0.706. The fourth-order valence-corrected chi connectivity index (χ4v) is 8.24. The molecule has 0 bridgehead atoms. The van der Waals surface area contributed by atoms with Crippen LogP contribution in [-0.4, -0.2) is 96.8 Å². The Hall–Kier alpha value is -2.43. The maximum absolute atomic E-state index is 13.2. The molecule has 258 valence electrons. The number of nitrogens with one attached hydrogen (secondary N) is 1. The highest BCUT2D eigenvalue weighted by Crippen LogP contribution is 2.60. The smallest absolute Gasteiger partial charge is 0.241 e. The number of carbonyl (C=O) groups is 1. The van der Waals surface area contributed by atoms with Crippen molar-refractivity contribution >= 4 is 38.9 Å². The third kappa shape index (κ3) is 8.08. The van der Waals surface area contributed by atoms with Gasteiger partial charge in [0, 0.05) is 53.7 Å². The summed E-state index contributed by atoms with van der Waals surface area (Å²) in [5.41, 5.74) is 5.90. The molecular weight excluding hydrogens is 627 g/mol. The van der Waals surface area contributed by atoms with Gasteiger partial charge in [-0.1, -0.05) is 46.2 Å². The molecule has 47 heavy (non-hydrogen) atoms. The summed E-state index contributed by atoms with van der Waals surface area (Å²) in [7, 11) is -2.45. The van der Waals surface area contributed by atoms with Gasteiger partial charge >= 0.3 is 0 Å². The van der Waals surface area contributed by atoms with E-state index in [1.54, 1.807) is 6.20 Å². The lowest BCUT2D eigenvalue weighted by molar-refractivity contribution is -0.122. The number of carbonyl (C=O) groups excluding carboxylic acids is 1. The van der Waals surface area contributed by atoms with Crippen molar-refractivity contribution in [3.8, 4) is 11.5 Å². The van der Waals surface area contributed by atoms with Gasteiger partial charge in [0.15, 0.2) is 11.5 Å². The maximum Gasteiger partial charge on any atom is 0.241 e. The molecule has 1 N–H and O–H groups in total. The maximum atomic E-state index is 13.2. The van der Waals surface area contributed by atoms with Crippen molar-refractivity contribution < 1.29 is 19.0 Å². The topological polar surface area (TPSA) is 109 Å². The largest absolute Gasteiger partial charge is 0.379 e. The number of fused-ring (bicyclic) bond motifs is 3. The van der Waals surface area contributed by atoms with Crippen molar-refractivity contribution in [3.05, 3.63) is 23.5 Å². The van der Waals surface area contributed by atoms with E-state index in [-0.39, 0.29) is 11.9 Å². The first-order chi connectivity index (χ1) is 22.2. The van der Waals surface area contributed by atoms with Gasteiger partial charge in [-0.3, -0.25) is 14.3 Å². The van der Waals surface area contributed by atoms with E-state index in [4.69, 9.17) is 29.3 Å². The third-order valence-electron chi connectivity index (χ3n) is 10.2. The number of morpholine rings is 1. The van der Waals surface area contributed by atoms with E-state index in [0.29, 0.717) is 55.8 Å². The number of hydrogen-bond acceptors (Lipinski definition) is 8. The Morgan fingerprint density at radius 1 is 1.09 bits per heavy atom. The molecule has 3 aliphatic rings. The summed E-state index contributed by atoms with van der Waals surface area (Å²) in [5.74, 6) is 1.39. The minimum Gasteiger partial charge on any atom is -0.379 e. The van der Waals surface area contributed by atoms with Crippen molar-refractivity contribution in [1.82, 2.24) is 29.2 Å². The first kappa shape index (κ1) is 34.4. The highest BCUT2D eigenvalue weighted by Gasteiger charge is 2.54. The molecule has 3 aromatic rings. The van der Waals surface area contributed by atoms with E-state index < -0.39 is 16.1 Å². The second-order valence-corrected chi connectivity index (χ2v) is 27.9. The molecule has 0 aromatic carbocycles. The summed E-state index contributed by atoms with van der Waals surface area (Å²) >= 11 is 0. The third-order valence-corrected chi connectivity index (χ3v) is 13.6. The van der Waals surface area contributed by atoms with Crippen LogP contribution in [0.1, 0.15) is 31.5 Å². The second-order valence-electron chi connectivity index (χ2n) is 16.6. The zero-order chi connectivity index (χ0) is 33.6. The molecule has 1 saturated heterocycles. The van der Waals surface area contributed by atoms with Gasteiger partial charge in [-0.15, -0.1) is 0 Å². The molecule has 0 radical (unpaired) electrons. The first-order valence-corrected chi connectivity index (χ1v) is 24.9. The van der Waals surface area contributed by atoms with Gasteiger partial charge in [-0.25, -0.2) is 14.6 Å². The number of amides is 1. The molecule has 2 aliphatic carbocycles. The Kier molecular flexibility index (Phi) is 9.87. The molecule has 3 atom stereocenters. The van der Waals surface area contributed by atoms with E-state index in [1.165, 1.54) is 17.7 Å². The number of rotatable bonds is 14. The van der Waals surface area contributed by atoms with Crippen LogP contribution >= 0.6 is 0 Å². The van der Waals surface area contributed by atoms with Crippen LogP contribution < -0.4 is 5.32 Å². The number of ether oxygens (including phenoxy) is 3. The van der Waals surface area contributed by atoms with Crippen molar-refractivity contribution in [3.63, 3.8) is 0 Å².